The minimum absolute atomic E-state index is 0.0571. The molecule has 0 bridgehead atoms. The summed E-state index contributed by atoms with van der Waals surface area (Å²) in [5.41, 5.74) is 2.53. The Balaban J connectivity index is 1.31. The number of amides is 2. The van der Waals surface area contributed by atoms with Crippen LogP contribution in [0.15, 0.2) is 24.3 Å². The van der Waals surface area contributed by atoms with Crippen LogP contribution in [-0.2, 0) is 20.7 Å². The van der Waals surface area contributed by atoms with Crippen molar-refractivity contribution >= 4 is 11.8 Å². The average Bonchev–Trinajstić information content (AvgIpc) is 2.71. The van der Waals surface area contributed by atoms with Gasteiger partial charge in [0.1, 0.15) is 0 Å². The summed E-state index contributed by atoms with van der Waals surface area (Å²) in [5, 5.41) is 3.01. The molecule has 2 aliphatic rings. The topological polar surface area (TPSA) is 65.1 Å². The number of nitrogens with one attached hydrogen (secondary N) is 1. The third-order valence-electron chi connectivity index (χ3n) is 5.53. The Labute approximate surface area is 167 Å². The van der Waals surface area contributed by atoms with Gasteiger partial charge in [0.15, 0.2) is 0 Å². The number of rotatable bonds is 7. The van der Waals surface area contributed by atoms with Crippen LogP contribution in [-0.4, -0.2) is 98.6 Å². The second-order valence-corrected chi connectivity index (χ2v) is 7.57. The minimum atomic E-state index is 0.0571. The van der Waals surface area contributed by atoms with E-state index in [1.165, 1.54) is 11.1 Å². The number of hydrogen-bond acceptors (Lipinski definition) is 5. The second-order valence-electron chi connectivity index (χ2n) is 7.57. The molecule has 0 unspecified atom stereocenters. The van der Waals surface area contributed by atoms with Crippen LogP contribution in [0.1, 0.15) is 11.1 Å². The van der Waals surface area contributed by atoms with E-state index >= 15 is 0 Å². The van der Waals surface area contributed by atoms with Crippen LogP contribution in [0, 0.1) is 6.92 Å². The van der Waals surface area contributed by atoms with Crippen molar-refractivity contribution in [1.82, 2.24) is 20.0 Å². The molecule has 2 heterocycles. The Kier molecular flexibility index (Phi) is 7.82. The number of ether oxygens (including phenoxy) is 1. The van der Waals surface area contributed by atoms with Gasteiger partial charge in [0, 0.05) is 45.8 Å². The third-order valence-corrected chi connectivity index (χ3v) is 5.53. The minimum Gasteiger partial charge on any atom is -0.379 e. The fourth-order valence-electron chi connectivity index (χ4n) is 3.69. The molecule has 7 nitrogen and oxygen atoms in total. The molecule has 0 radical (unpaired) electrons. The molecule has 2 aliphatic heterocycles. The Morgan fingerprint density at radius 3 is 2.36 bits per heavy atom. The first-order valence-corrected chi connectivity index (χ1v) is 10.2. The van der Waals surface area contributed by atoms with E-state index < -0.39 is 0 Å². The van der Waals surface area contributed by atoms with Gasteiger partial charge in [-0.15, -0.1) is 0 Å². The lowest BCUT2D eigenvalue weighted by Gasteiger charge is -2.36. The van der Waals surface area contributed by atoms with Crippen molar-refractivity contribution in [2.75, 3.05) is 72.1 Å². The van der Waals surface area contributed by atoms with Gasteiger partial charge in [0.25, 0.3) is 0 Å². The summed E-state index contributed by atoms with van der Waals surface area (Å²) in [5.74, 6) is 0.242. The first-order chi connectivity index (χ1) is 13.6. The smallest absolute Gasteiger partial charge is 0.236 e. The van der Waals surface area contributed by atoms with E-state index in [0.29, 0.717) is 45.9 Å². The van der Waals surface area contributed by atoms with Gasteiger partial charge >= 0.3 is 0 Å². The second kappa shape index (κ2) is 10.5. The highest BCUT2D eigenvalue weighted by molar-refractivity contribution is 5.79. The third kappa shape index (κ3) is 6.29. The van der Waals surface area contributed by atoms with Gasteiger partial charge in [-0.1, -0.05) is 24.3 Å². The van der Waals surface area contributed by atoms with Crippen molar-refractivity contribution in [3.63, 3.8) is 0 Å². The fraction of sp³-hybridized carbons (Fsp3) is 0.619. The van der Waals surface area contributed by atoms with Gasteiger partial charge < -0.3 is 15.0 Å². The van der Waals surface area contributed by atoms with Crippen LogP contribution in [0.4, 0.5) is 0 Å². The molecule has 28 heavy (non-hydrogen) atoms. The molecule has 3 rings (SSSR count). The molecular weight excluding hydrogens is 356 g/mol. The zero-order chi connectivity index (χ0) is 19.8. The fourth-order valence-corrected chi connectivity index (χ4v) is 3.69. The van der Waals surface area contributed by atoms with Crippen LogP contribution >= 0.6 is 0 Å². The van der Waals surface area contributed by atoms with E-state index in [1.54, 1.807) is 0 Å². The molecule has 2 amide bonds. The van der Waals surface area contributed by atoms with Crippen LogP contribution in [0.3, 0.4) is 0 Å². The van der Waals surface area contributed by atoms with E-state index in [-0.39, 0.29) is 11.8 Å². The van der Waals surface area contributed by atoms with Gasteiger partial charge in [0.2, 0.25) is 11.8 Å². The van der Waals surface area contributed by atoms with E-state index in [1.807, 2.05) is 17.0 Å². The van der Waals surface area contributed by atoms with Gasteiger partial charge in [-0.3, -0.25) is 19.4 Å². The summed E-state index contributed by atoms with van der Waals surface area (Å²) >= 11 is 0. The first kappa shape index (κ1) is 20.8. The number of benzene rings is 1. The number of nitrogens with zero attached hydrogens (tertiary/aromatic N) is 3. The van der Waals surface area contributed by atoms with Crippen molar-refractivity contribution in [2.24, 2.45) is 0 Å². The van der Waals surface area contributed by atoms with Crippen LogP contribution in [0.5, 0.6) is 0 Å². The highest BCUT2D eigenvalue weighted by Crippen LogP contribution is 2.07. The van der Waals surface area contributed by atoms with E-state index in [2.05, 4.69) is 34.2 Å². The summed E-state index contributed by atoms with van der Waals surface area (Å²) in [6.07, 6.45) is 0.849. The van der Waals surface area contributed by atoms with E-state index in [0.717, 1.165) is 32.6 Å². The SMILES string of the molecule is Cc1ccccc1CCNC(=O)CN1CCN(C(=O)CN2CCOCC2)CC1. The molecule has 1 aromatic rings. The number of hydrogen-bond donors (Lipinski definition) is 1. The molecule has 154 valence electrons. The monoisotopic (exact) mass is 388 g/mol. The average molecular weight is 389 g/mol. The van der Waals surface area contributed by atoms with Crippen molar-refractivity contribution in [3.8, 4) is 0 Å². The van der Waals surface area contributed by atoms with Gasteiger partial charge in [0.05, 0.1) is 26.3 Å². The van der Waals surface area contributed by atoms with Crippen molar-refractivity contribution in [3.05, 3.63) is 35.4 Å². The maximum absolute atomic E-state index is 12.4. The normalized spacial score (nSPS) is 18.8. The summed E-state index contributed by atoms with van der Waals surface area (Å²) < 4.78 is 5.33. The van der Waals surface area contributed by atoms with E-state index in [9.17, 15) is 9.59 Å². The molecule has 2 saturated heterocycles. The number of morpholine rings is 1. The largest absolute Gasteiger partial charge is 0.379 e. The number of piperazine rings is 1. The molecule has 1 aromatic carbocycles. The Hall–Kier alpha value is -1.96. The molecular formula is C21H32N4O3. The van der Waals surface area contributed by atoms with Crippen molar-refractivity contribution < 1.29 is 14.3 Å². The molecule has 2 fully saturated rings. The van der Waals surface area contributed by atoms with Crippen LogP contribution in [0.2, 0.25) is 0 Å². The van der Waals surface area contributed by atoms with Crippen molar-refractivity contribution in [1.29, 1.82) is 0 Å². The molecule has 0 spiro atoms. The highest BCUT2D eigenvalue weighted by atomic mass is 16.5. The Morgan fingerprint density at radius 2 is 1.64 bits per heavy atom. The number of carbonyl (C=O) groups excluding carboxylic acids is 2. The highest BCUT2D eigenvalue weighted by Gasteiger charge is 2.24. The predicted molar refractivity (Wildman–Crippen MR) is 108 cm³/mol. The molecule has 0 aromatic heterocycles. The summed E-state index contributed by atoms with van der Waals surface area (Å²) in [4.78, 5) is 30.9. The van der Waals surface area contributed by atoms with Gasteiger partial charge in [-0.05, 0) is 24.5 Å². The first-order valence-electron chi connectivity index (χ1n) is 10.2. The zero-order valence-electron chi connectivity index (χ0n) is 16.9. The summed E-state index contributed by atoms with van der Waals surface area (Å²) in [6, 6.07) is 8.26. The van der Waals surface area contributed by atoms with Gasteiger partial charge in [-0.2, -0.15) is 0 Å². The molecule has 7 heteroatoms. The lowest BCUT2D eigenvalue weighted by Crippen LogP contribution is -2.53. The number of aryl methyl sites for hydroxylation is 1. The molecule has 0 atom stereocenters. The van der Waals surface area contributed by atoms with E-state index in [4.69, 9.17) is 4.74 Å². The lowest BCUT2D eigenvalue weighted by molar-refractivity contribution is -0.135. The summed E-state index contributed by atoms with van der Waals surface area (Å²) in [7, 11) is 0. The van der Waals surface area contributed by atoms with Gasteiger partial charge in [-0.25, -0.2) is 0 Å². The molecule has 0 aliphatic carbocycles. The van der Waals surface area contributed by atoms with Crippen LogP contribution < -0.4 is 5.32 Å². The zero-order valence-corrected chi connectivity index (χ0v) is 16.9. The summed E-state index contributed by atoms with van der Waals surface area (Å²) in [6.45, 7) is 9.59. The predicted octanol–water partition coefficient (Wildman–Crippen LogP) is 0.130. The maximum atomic E-state index is 12.4. The molecule has 0 saturated carbocycles. The Bertz CT molecular complexity index is 653. The van der Waals surface area contributed by atoms with Crippen LogP contribution in [0.25, 0.3) is 0 Å². The quantitative estimate of drug-likeness (QED) is 0.719. The van der Waals surface area contributed by atoms with Crippen molar-refractivity contribution in [2.45, 2.75) is 13.3 Å². The number of carbonyl (C=O) groups is 2. The lowest BCUT2D eigenvalue weighted by atomic mass is 10.1. The Morgan fingerprint density at radius 1 is 0.964 bits per heavy atom. The standard InChI is InChI=1S/C21H32N4O3/c1-18-4-2-3-5-19(18)6-7-22-20(26)16-23-8-10-25(11-9-23)21(27)17-24-12-14-28-15-13-24/h2-5H,6-17H2,1H3,(H,22,26). The molecule has 1 N–H and O–H groups in total. The maximum Gasteiger partial charge on any atom is 0.236 e.